The van der Waals surface area contributed by atoms with E-state index in [1.54, 1.807) is 6.92 Å². The van der Waals surface area contributed by atoms with Crippen molar-refractivity contribution in [3.8, 4) is 0 Å². The topological polar surface area (TPSA) is 17.1 Å². The molecular formula is C8H16OS. The summed E-state index contributed by atoms with van der Waals surface area (Å²) >= 11 is 1.43. The summed E-state index contributed by atoms with van der Waals surface area (Å²) in [4.78, 5) is 10.5. The summed E-state index contributed by atoms with van der Waals surface area (Å²) in [7, 11) is 0. The van der Waals surface area contributed by atoms with Gasteiger partial charge in [0.15, 0.2) is 5.12 Å². The third-order valence-electron chi connectivity index (χ3n) is 1.23. The molecule has 0 spiro atoms. The van der Waals surface area contributed by atoms with Crippen LogP contribution >= 0.6 is 11.8 Å². The third-order valence-corrected chi connectivity index (χ3v) is 2.13. The summed E-state index contributed by atoms with van der Waals surface area (Å²) in [5.74, 6) is 1.76. The molecule has 0 aliphatic carbocycles. The number of carbonyl (C=O) groups is 1. The van der Waals surface area contributed by atoms with E-state index >= 15 is 0 Å². The van der Waals surface area contributed by atoms with Crippen molar-refractivity contribution in [1.82, 2.24) is 0 Å². The number of carbonyl (C=O) groups excluding carboxylic acids is 1. The smallest absolute Gasteiger partial charge is 0.185 e. The second-order valence-electron chi connectivity index (χ2n) is 2.88. The molecule has 0 unspecified atom stereocenters. The van der Waals surface area contributed by atoms with Gasteiger partial charge in [0.05, 0.1) is 0 Å². The zero-order chi connectivity index (χ0) is 7.98. The van der Waals surface area contributed by atoms with Crippen molar-refractivity contribution in [3.05, 3.63) is 0 Å². The van der Waals surface area contributed by atoms with Gasteiger partial charge in [-0.3, -0.25) is 4.79 Å². The second kappa shape index (κ2) is 5.78. The van der Waals surface area contributed by atoms with Crippen LogP contribution in [0.1, 0.15) is 33.6 Å². The van der Waals surface area contributed by atoms with Gasteiger partial charge in [-0.2, -0.15) is 0 Å². The van der Waals surface area contributed by atoms with Crippen LogP contribution in [-0.2, 0) is 4.79 Å². The molecule has 10 heavy (non-hydrogen) atoms. The van der Waals surface area contributed by atoms with Crippen LogP contribution in [0.4, 0.5) is 0 Å². The standard InChI is InChI=1S/C8H16OS/c1-7(2)5-4-6-10-8(3)9/h7H,4-6H2,1-3H3. The molecular weight excluding hydrogens is 144 g/mol. The van der Waals surface area contributed by atoms with Crippen LogP contribution in [0.5, 0.6) is 0 Å². The molecule has 0 saturated heterocycles. The number of hydrogen-bond donors (Lipinski definition) is 0. The molecule has 0 aromatic rings. The summed E-state index contributed by atoms with van der Waals surface area (Å²) in [6, 6.07) is 0. The summed E-state index contributed by atoms with van der Waals surface area (Å²) in [5, 5.41) is 0.240. The number of rotatable bonds is 4. The SMILES string of the molecule is CC(=O)SCCCC(C)C. The molecule has 0 saturated carbocycles. The Hall–Kier alpha value is 0.0200. The van der Waals surface area contributed by atoms with Crippen LogP contribution < -0.4 is 0 Å². The zero-order valence-corrected chi connectivity index (χ0v) is 7.83. The first-order valence-electron chi connectivity index (χ1n) is 3.76. The van der Waals surface area contributed by atoms with Gasteiger partial charge in [-0.05, 0) is 12.3 Å². The normalized spacial score (nSPS) is 10.4. The maximum atomic E-state index is 10.5. The molecule has 60 valence electrons. The Kier molecular flexibility index (Phi) is 5.79. The van der Waals surface area contributed by atoms with E-state index in [4.69, 9.17) is 0 Å². The van der Waals surface area contributed by atoms with E-state index in [0.717, 1.165) is 11.7 Å². The summed E-state index contributed by atoms with van der Waals surface area (Å²) in [6.07, 6.45) is 2.40. The fourth-order valence-electron chi connectivity index (χ4n) is 0.707. The van der Waals surface area contributed by atoms with E-state index in [-0.39, 0.29) is 5.12 Å². The van der Waals surface area contributed by atoms with Crippen LogP contribution in [0.3, 0.4) is 0 Å². The predicted octanol–water partition coefficient (Wildman–Crippen LogP) is 2.70. The molecule has 0 rings (SSSR count). The second-order valence-corrected chi connectivity index (χ2v) is 4.15. The summed E-state index contributed by atoms with van der Waals surface area (Å²) in [6.45, 7) is 6.04. The Morgan fingerprint density at radius 1 is 1.50 bits per heavy atom. The molecule has 0 atom stereocenters. The first-order valence-corrected chi connectivity index (χ1v) is 4.75. The van der Waals surface area contributed by atoms with Crippen molar-refractivity contribution >= 4 is 16.9 Å². The van der Waals surface area contributed by atoms with Gasteiger partial charge < -0.3 is 0 Å². The lowest BCUT2D eigenvalue weighted by molar-refractivity contribution is -0.109. The fraction of sp³-hybridized carbons (Fsp3) is 0.875. The van der Waals surface area contributed by atoms with Gasteiger partial charge in [0.25, 0.3) is 0 Å². The molecule has 0 bridgehead atoms. The number of hydrogen-bond acceptors (Lipinski definition) is 2. The van der Waals surface area contributed by atoms with Gasteiger partial charge in [-0.1, -0.05) is 32.0 Å². The lowest BCUT2D eigenvalue weighted by atomic mass is 10.1. The molecule has 0 aliphatic heterocycles. The quantitative estimate of drug-likeness (QED) is 0.588. The monoisotopic (exact) mass is 160 g/mol. The molecule has 0 amide bonds. The lowest BCUT2D eigenvalue weighted by Crippen LogP contribution is -1.90. The predicted molar refractivity (Wildman–Crippen MR) is 47.2 cm³/mol. The Bertz CT molecular complexity index is 99.4. The van der Waals surface area contributed by atoms with Crippen LogP contribution in [-0.4, -0.2) is 10.9 Å². The minimum absolute atomic E-state index is 0.240. The van der Waals surface area contributed by atoms with Crippen LogP contribution in [0.2, 0.25) is 0 Å². The van der Waals surface area contributed by atoms with Gasteiger partial charge in [0.1, 0.15) is 0 Å². The lowest BCUT2D eigenvalue weighted by Gasteiger charge is -2.01. The van der Waals surface area contributed by atoms with Crippen molar-refractivity contribution in [2.45, 2.75) is 33.6 Å². The molecule has 0 radical (unpaired) electrons. The molecule has 0 heterocycles. The van der Waals surface area contributed by atoms with E-state index in [9.17, 15) is 4.79 Å². The minimum atomic E-state index is 0.240. The highest BCUT2D eigenvalue weighted by Gasteiger charge is 1.95. The molecule has 0 aromatic carbocycles. The Labute approximate surface area is 67.6 Å². The van der Waals surface area contributed by atoms with Crippen molar-refractivity contribution in [2.75, 3.05) is 5.75 Å². The van der Waals surface area contributed by atoms with Crippen LogP contribution in [0.15, 0.2) is 0 Å². The van der Waals surface area contributed by atoms with Crippen LogP contribution in [0, 0.1) is 5.92 Å². The van der Waals surface area contributed by atoms with Crippen molar-refractivity contribution in [3.63, 3.8) is 0 Å². The van der Waals surface area contributed by atoms with E-state index in [1.165, 1.54) is 24.6 Å². The summed E-state index contributed by atoms with van der Waals surface area (Å²) < 4.78 is 0. The van der Waals surface area contributed by atoms with Gasteiger partial charge in [0, 0.05) is 12.7 Å². The first kappa shape index (κ1) is 10.0. The summed E-state index contributed by atoms with van der Waals surface area (Å²) in [5.41, 5.74) is 0. The number of thioether (sulfide) groups is 1. The molecule has 0 N–H and O–H groups in total. The molecule has 0 aromatic heterocycles. The highest BCUT2D eigenvalue weighted by Crippen LogP contribution is 2.09. The minimum Gasteiger partial charge on any atom is -0.288 e. The molecule has 0 fully saturated rings. The Morgan fingerprint density at radius 2 is 2.10 bits per heavy atom. The average Bonchev–Trinajstić information content (AvgIpc) is 1.79. The maximum Gasteiger partial charge on any atom is 0.185 e. The van der Waals surface area contributed by atoms with E-state index < -0.39 is 0 Å². The Balaban J connectivity index is 2.98. The van der Waals surface area contributed by atoms with E-state index in [2.05, 4.69) is 13.8 Å². The van der Waals surface area contributed by atoms with Crippen LogP contribution in [0.25, 0.3) is 0 Å². The van der Waals surface area contributed by atoms with Gasteiger partial charge >= 0.3 is 0 Å². The maximum absolute atomic E-state index is 10.5. The zero-order valence-electron chi connectivity index (χ0n) is 7.02. The highest BCUT2D eigenvalue weighted by atomic mass is 32.2. The third kappa shape index (κ3) is 8.02. The highest BCUT2D eigenvalue weighted by molar-refractivity contribution is 8.13. The first-order chi connectivity index (χ1) is 4.63. The molecule has 2 heteroatoms. The van der Waals surface area contributed by atoms with Crippen molar-refractivity contribution in [2.24, 2.45) is 5.92 Å². The van der Waals surface area contributed by atoms with E-state index in [1.807, 2.05) is 0 Å². The van der Waals surface area contributed by atoms with E-state index in [0.29, 0.717) is 0 Å². The van der Waals surface area contributed by atoms with Gasteiger partial charge in [-0.15, -0.1) is 0 Å². The molecule has 0 aliphatic rings. The fourth-order valence-corrected chi connectivity index (χ4v) is 1.31. The largest absolute Gasteiger partial charge is 0.288 e. The Morgan fingerprint density at radius 3 is 2.50 bits per heavy atom. The average molecular weight is 160 g/mol. The van der Waals surface area contributed by atoms with Crippen molar-refractivity contribution in [1.29, 1.82) is 0 Å². The van der Waals surface area contributed by atoms with Crippen molar-refractivity contribution < 1.29 is 4.79 Å². The molecule has 1 nitrogen and oxygen atoms in total. The van der Waals surface area contributed by atoms with Gasteiger partial charge in [-0.25, -0.2) is 0 Å². The van der Waals surface area contributed by atoms with Gasteiger partial charge in [0.2, 0.25) is 0 Å².